The first-order valence-electron chi connectivity index (χ1n) is 5.91. The number of rotatable bonds is 3. The molecule has 0 fully saturated rings. The summed E-state index contributed by atoms with van der Waals surface area (Å²) >= 11 is 17.9. The summed E-state index contributed by atoms with van der Waals surface area (Å²) in [6.45, 7) is 0.169. The Kier molecular flexibility index (Phi) is 3.80. The summed E-state index contributed by atoms with van der Waals surface area (Å²) in [6, 6.07) is 6.61. The average Bonchev–Trinajstić information content (AvgIpc) is 2.81. The van der Waals surface area contributed by atoms with E-state index in [0.29, 0.717) is 38.0 Å². The smallest absolute Gasteiger partial charge is 0.184 e. The standard InChI is InChI=1S/C13H9Cl3N4O/c14-7-1-2-11(9(16)3-7)21-6-12-18-19-13-10(17)4-8(15)5-20(12)13/h1-5H,6,17H2. The van der Waals surface area contributed by atoms with Crippen LogP contribution in [-0.4, -0.2) is 14.6 Å². The minimum absolute atomic E-state index is 0.169. The molecule has 5 nitrogen and oxygen atoms in total. The number of pyridine rings is 1. The molecule has 108 valence electrons. The lowest BCUT2D eigenvalue weighted by Crippen LogP contribution is -2.02. The molecule has 0 atom stereocenters. The van der Waals surface area contributed by atoms with Gasteiger partial charge in [0.2, 0.25) is 0 Å². The van der Waals surface area contributed by atoms with Crippen molar-refractivity contribution < 1.29 is 4.74 Å². The van der Waals surface area contributed by atoms with Crippen molar-refractivity contribution in [2.75, 3.05) is 5.73 Å². The van der Waals surface area contributed by atoms with E-state index in [1.54, 1.807) is 34.9 Å². The number of nitrogen functional groups attached to an aromatic ring is 1. The summed E-state index contributed by atoms with van der Waals surface area (Å²) < 4.78 is 7.31. The zero-order valence-corrected chi connectivity index (χ0v) is 12.8. The van der Waals surface area contributed by atoms with Crippen LogP contribution in [0.25, 0.3) is 5.65 Å². The second-order valence-electron chi connectivity index (χ2n) is 4.29. The van der Waals surface area contributed by atoms with Crippen LogP contribution in [0.3, 0.4) is 0 Å². The molecule has 0 bridgehead atoms. The summed E-state index contributed by atoms with van der Waals surface area (Å²) in [5.74, 6) is 1.07. The Morgan fingerprint density at radius 1 is 1.10 bits per heavy atom. The van der Waals surface area contributed by atoms with Gasteiger partial charge in [0.1, 0.15) is 12.4 Å². The van der Waals surface area contributed by atoms with E-state index in [-0.39, 0.29) is 6.61 Å². The number of nitrogens with two attached hydrogens (primary N) is 1. The Morgan fingerprint density at radius 2 is 1.90 bits per heavy atom. The third kappa shape index (κ3) is 2.85. The largest absolute Gasteiger partial charge is 0.484 e. The molecular weight excluding hydrogens is 335 g/mol. The van der Waals surface area contributed by atoms with Crippen molar-refractivity contribution in [3.05, 3.63) is 51.4 Å². The minimum atomic E-state index is 0.169. The zero-order chi connectivity index (χ0) is 15.0. The molecule has 2 aromatic heterocycles. The van der Waals surface area contributed by atoms with Crippen molar-refractivity contribution in [1.29, 1.82) is 0 Å². The van der Waals surface area contributed by atoms with Gasteiger partial charge in [-0.2, -0.15) is 0 Å². The molecule has 0 spiro atoms. The van der Waals surface area contributed by atoms with Crippen LogP contribution in [0.2, 0.25) is 15.1 Å². The molecule has 0 aliphatic rings. The molecule has 0 saturated carbocycles. The van der Waals surface area contributed by atoms with Crippen molar-refractivity contribution in [1.82, 2.24) is 14.6 Å². The van der Waals surface area contributed by atoms with E-state index >= 15 is 0 Å². The van der Waals surface area contributed by atoms with Gasteiger partial charge in [0, 0.05) is 11.2 Å². The molecule has 2 heterocycles. The third-order valence-electron chi connectivity index (χ3n) is 2.82. The number of fused-ring (bicyclic) bond motifs is 1. The molecule has 3 rings (SSSR count). The number of hydrogen-bond acceptors (Lipinski definition) is 4. The summed E-state index contributed by atoms with van der Waals surface area (Å²) in [5.41, 5.74) is 6.81. The van der Waals surface area contributed by atoms with Gasteiger partial charge in [-0.15, -0.1) is 10.2 Å². The first kappa shape index (κ1) is 14.3. The third-order valence-corrected chi connectivity index (χ3v) is 3.56. The van der Waals surface area contributed by atoms with Crippen LogP contribution < -0.4 is 10.5 Å². The molecule has 2 N–H and O–H groups in total. The number of aromatic nitrogens is 3. The topological polar surface area (TPSA) is 65.4 Å². The van der Waals surface area contributed by atoms with Crippen molar-refractivity contribution in [2.45, 2.75) is 6.61 Å². The number of hydrogen-bond donors (Lipinski definition) is 1. The SMILES string of the molecule is Nc1cc(Cl)cn2c(COc3ccc(Cl)cc3Cl)nnc12. The molecule has 8 heteroatoms. The van der Waals surface area contributed by atoms with E-state index in [1.807, 2.05) is 0 Å². The fourth-order valence-corrected chi connectivity index (χ4v) is 2.54. The summed E-state index contributed by atoms with van der Waals surface area (Å²) in [4.78, 5) is 0. The van der Waals surface area contributed by atoms with Crippen LogP contribution in [0.1, 0.15) is 5.82 Å². The Bertz CT molecular complexity index is 819. The van der Waals surface area contributed by atoms with E-state index < -0.39 is 0 Å². The normalized spacial score (nSPS) is 11.0. The van der Waals surface area contributed by atoms with Crippen molar-refractivity contribution >= 4 is 46.1 Å². The van der Waals surface area contributed by atoms with Gasteiger partial charge in [-0.1, -0.05) is 34.8 Å². The maximum atomic E-state index is 6.04. The van der Waals surface area contributed by atoms with Gasteiger partial charge in [-0.05, 0) is 24.3 Å². The molecule has 0 amide bonds. The Balaban J connectivity index is 1.88. The van der Waals surface area contributed by atoms with Gasteiger partial charge in [0.15, 0.2) is 11.5 Å². The molecule has 0 aliphatic heterocycles. The van der Waals surface area contributed by atoms with Crippen LogP contribution in [0, 0.1) is 0 Å². The fraction of sp³-hybridized carbons (Fsp3) is 0.0769. The van der Waals surface area contributed by atoms with Gasteiger partial charge in [-0.25, -0.2) is 0 Å². The lowest BCUT2D eigenvalue weighted by Gasteiger charge is -2.07. The molecule has 21 heavy (non-hydrogen) atoms. The molecule has 1 aromatic carbocycles. The van der Waals surface area contributed by atoms with Crippen LogP contribution in [-0.2, 0) is 6.61 Å². The molecule has 0 saturated heterocycles. The van der Waals surface area contributed by atoms with Gasteiger partial charge in [-0.3, -0.25) is 4.40 Å². The number of nitrogens with zero attached hydrogens (tertiary/aromatic N) is 3. The maximum Gasteiger partial charge on any atom is 0.184 e. The lowest BCUT2D eigenvalue weighted by molar-refractivity contribution is 0.294. The first-order chi connectivity index (χ1) is 10.0. The van der Waals surface area contributed by atoms with E-state index in [1.165, 1.54) is 0 Å². The van der Waals surface area contributed by atoms with Gasteiger partial charge >= 0.3 is 0 Å². The molecular formula is C13H9Cl3N4O. The number of benzene rings is 1. The van der Waals surface area contributed by atoms with E-state index in [0.717, 1.165) is 0 Å². The summed E-state index contributed by atoms with van der Waals surface area (Å²) in [5, 5.41) is 9.50. The number of anilines is 1. The summed E-state index contributed by atoms with van der Waals surface area (Å²) in [7, 11) is 0. The quantitative estimate of drug-likeness (QED) is 0.784. The van der Waals surface area contributed by atoms with Crippen LogP contribution >= 0.6 is 34.8 Å². The second-order valence-corrected chi connectivity index (χ2v) is 5.57. The average molecular weight is 344 g/mol. The van der Waals surface area contributed by atoms with E-state index in [9.17, 15) is 0 Å². The molecule has 0 radical (unpaired) electrons. The highest BCUT2D eigenvalue weighted by atomic mass is 35.5. The van der Waals surface area contributed by atoms with Gasteiger partial charge < -0.3 is 10.5 Å². The fourth-order valence-electron chi connectivity index (χ4n) is 1.86. The van der Waals surface area contributed by atoms with E-state index in [2.05, 4.69) is 10.2 Å². The van der Waals surface area contributed by atoms with Crippen LogP contribution in [0.5, 0.6) is 5.75 Å². The molecule has 3 aromatic rings. The molecule has 0 aliphatic carbocycles. The van der Waals surface area contributed by atoms with Crippen LogP contribution in [0.15, 0.2) is 30.5 Å². The second kappa shape index (κ2) is 5.60. The maximum absolute atomic E-state index is 6.04. The van der Waals surface area contributed by atoms with E-state index in [4.69, 9.17) is 45.3 Å². The predicted molar refractivity (Wildman–Crippen MR) is 83.2 cm³/mol. The minimum Gasteiger partial charge on any atom is -0.484 e. The molecule has 0 unspecified atom stereocenters. The lowest BCUT2D eigenvalue weighted by atomic mass is 10.3. The number of ether oxygens (including phenoxy) is 1. The zero-order valence-electron chi connectivity index (χ0n) is 10.6. The first-order valence-corrected chi connectivity index (χ1v) is 7.04. The Hall–Kier alpha value is -1.69. The van der Waals surface area contributed by atoms with Crippen LogP contribution in [0.4, 0.5) is 5.69 Å². The van der Waals surface area contributed by atoms with Crippen molar-refractivity contribution in [3.63, 3.8) is 0 Å². The Morgan fingerprint density at radius 3 is 2.67 bits per heavy atom. The van der Waals surface area contributed by atoms with Gasteiger partial charge in [0.25, 0.3) is 0 Å². The summed E-state index contributed by atoms with van der Waals surface area (Å²) in [6.07, 6.45) is 1.68. The highest BCUT2D eigenvalue weighted by Gasteiger charge is 2.11. The highest BCUT2D eigenvalue weighted by Crippen LogP contribution is 2.28. The Labute approximate surface area is 135 Å². The highest BCUT2D eigenvalue weighted by molar-refractivity contribution is 6.35. The monoisotopic (exact) mass is 342 g/mol. The van der Waals surface area contributed by atoms with Crippen molar-refractivity contribution in [3.8, 4) is 5.75 Å². The predicted octanol–water partition coefficient (Wildman–Crippen LogP) is 3.85. The van der Waals surface area contributed by atoms with Crippen molar-refractivity contribution in [2.24, 2.45) is 0 Å². The number of halogens is 3. The van der Waals surface area contributed by atoms with Gasteiger partial charge in [0.05, 0.1) is 15.7 Å².